The first-order valence-electron chi connectivity index (χ1n) is 5.40. The highest BCUT2D eigenvalue weighted by Crippen LogP contribution is 2.22. The Bertz CT molecular complexity index is 580. The molecule has 0 fully saturated rings. The van der Waals surface area contributed by atoms with E-state index < -0.39 is 17.5 Å². The van der Waals surface area contributed by atoms with Crippen molar-refractivity contribution in [2.75, 3.05) is 5.73 Å². The van der Waals surface area contributed by atoms with Gasteiger partial charge in [-0.15, -0.1) is 5.10 Å². The quantitative estimate of drug-likeness (QED) is 0.857. The first-order valence-corrected chi connectivity index (χ1v) is 5.40. The van der Waals surface area contributed by atoms with Gasteiger partial charge in [-0.3, -0.25) is 0 Å². The molecule has 0 unspecified atom stereocenters. The van der Waals surface area contributed by atoms with E-state index in [1.54, 1.807) is 0 Å². The summed E-state index contributed by atoms with van der Waals surface area (Å²) < 4.78 is 40.7. The van der Waals surface area contributed by atoms with Gasteiger partial charge in [-0.05, 0) is 18.6 Å². The number of hydrogen-bond donors (Lipinski definition) is 1. The lowest BCUT2D eigenvalue weighted by Crippen LogP contribution is -2.08. The topological polar surface area (TPSA) is 56.7 Å². The van der Waals surface area contributed by atoms with E-state index >= 15 is 0 Å². The average Bonchev–Trinajstić information content (AvgIpc) is 2.70. The summed E-state index contributed by atoms with van der Waals surface area (Å²) in [4.78, 5) is 0. The molecule has 0 radical (unpaired) electrons. The fraction of sp³-hybridized carbons (Fsp3) is 0.273. The van der Waals surface area contributed by atoms with Gasteiger partial charge in [0, 0.05) is 0 Å². The van der Waals surface area contributed by atoms with Crippen molar-refractivity contribution >= 4 is 5.82 Å². The molecule has 2 N–H and O–H groups in total. The molecule has 0 bridgehead atoms. The molecule has 2 aromatic rings. The summed E-state index contributed by atoms with van der Waals surface area (Å²) >= 11 is 0. The summed E-state index contributed by atoms with van der Waals surface area (Å²) in [6, 6.07) is 1.93. The van der Waals surface area contributed by atoms with Gasteiger partial charge in [-0.2, -0.15) is 0 Å². The third-order valence-corrected chi connectivity index (χ3v) is 2.52. The molecule has 18 heavy (non-hydrogen) atoms. The van der Waals surface area contributed by atoms with Crippen molar-refractivity contribution in [3.63, 3.8) is 0 Å². The molecule has 0 amide bonds. The van der Waals surface area contributed by atoms with Crippen molar-refractivity contribution in [1.82, 2.24) is 15.0 Å². The van der Waals surface area contributed by atoms with Crippen LogP contribution in [0.4, 0.5) is 19.0 Å². The Hall–Kier alpha value is -2.05. The zero-order valence-corrected chi connectivity index (χ0v) is 9.62. The Morgan fingerprint density at radius 2 is 1.94 bits per heavy atom. The molecule has 0 spiro atoms. The van der Waals surface area contributed by atoms with Crippen molar-refractivity contribution in [1.29, 1.82) is 0 Å². The smallest absolute Gasteiger partial charge is 0.196 e. The molecule has 2 rings (SSSR count). The number of benzene rings is 1. The van der Waals surface area contributed by atoms with E-state index in [9.17, 15) is 13.2 Å². The number of aromatic nitrogens is 3. The van der Waals surface area contributed by atoms with Crippen molar-refractivity contribution in [3.05, 3.63) is 35.3 Å². The number of nitrogen functional groups attached to an aromatic ring is 1. The molecule has 96 valence electrons. The van der Waals surface area contributed by atoms with E-state index in [0.717, 1.165) is 23.2 Å². The number of nitrogens with zero attached hydrogens (tertiary/aromatic N) is 3. The van der Waals surface area contributed by atoms with Crippen molar-refractivity contribution < 1.29 is 13.2 Å². The van der Waals surface area contributed by atoms with Crippen LogP contribution in [0, 0.1) is 17.5 Å². The largest absolute Gasteiger partial charge is 0.381 e. The van der Waals surface area contributed by atoms with E-state index in [1.807, 2.05) is 6.92 Å². The highest BCUT2D eigenvalue weighted by molar-refractivity contribution is 5.42. The predicted molar refractivity (Wildman–Crippen MR) is 59.6 cm³/mol. The molecule has 0 aliphatic rings. The van der Waals surface area contributed by atoms with Crippen LogP contribution in [0.5, 0.6) is 0 Å². The van der Waals surface area contributed by atoms with Gasteiger partial charge in [-0.1, -0.05) is 18.6 Å². The van der Waals surface area contributed by atoms with E-state index in [2.05, 4.69) is 10.3 Å². The van der Waals surface area contributed by atoms with Crippen LogP contribution >= 0.6 is 0 Å². The van der Waals surface area contributed by atoms with E-state index in [1.165, 1.54) is 0 Å². The second-order valence-electron chi connectivity index (χ2n) is 3.78. The Morgan fingerprint density at radius 1 is 1.22 bits per heavy atom. The highest BCUT2D eigenvalue weighted by Gasteiger charge is 2.19. The Balaban J connectivity index is 2.59. The van der Waals surface area contributed by atoms with Crippen LogP contribution in [0.2, 0.25) is 0 Å². The lowest BCUT2D eigenvalue weighted by atomic mass is 10.2. The van der Waals surface area contributed by atoms with Crippen LogP contribution in [0.3, 0.4) is 0 Å². The van der Waals surface area contributed by atoms with Gasteiger partial charge in [0.05, 0.1) is 5.69 Å². The third kappa shape index (κ3) is 1.92. The lowest BCUT2D eigenvalue weighted by Gasteiger charge is -2.07. The van der Waals surface area contributed by atoms with Gasteiger partial charge >= 0.3 is 0 Å². The molecule has 0 saturated carbocycles. The minimum absolute atomic E-state index is 0.154. The SMILES string of the molecule is CCCc1c(N)nnn1-c1ccc(F)c(F)c1F. The molecule has 0 aliphatic heterocycles. The number of hydrogen-bond acceptors (Lipinski definition) is 3. The van der Waals surface area contributed by atoms with Gasteiger partial charge in [0.15, 0.2) is 23.3 Å². The van der Waals surface area contributed by atoms with Crippen LogP contribution in [-0.2, 0) is 6.42 Å². The van der Waals surface area contributed by atoms with E-state index in [-0.39, 0.29) is 11.5 Å². The first-order chi connectivity index (χ1) is 8.56. The van der Waals surface area contributed by atoms with Crippen LogP contribution in [0.15, 0.2) is 12.1 Å². The molecule has 1 aromatic carbocycles. The molecule has 1 heterocycles. The Labute approximate surface area is 101 Å². The minimum Gasteiger partial charge on any atom is -0.381 e. The lowest BCUT2D eigenvalue weighted by molar-refractivity contribution is 0.442. The molecule has 0 aliphatic carbocycles. The summed E-state index contributed by atoms with van der Waals surface area (Å²) in [5, 5.41) is 7.26. The Morgan fingerprint density at radius 3 is 2.61 bits per heavy atom. The van der Waals surface area contributed by atoms with Crippen LogP contribution in [0.1, 0.15) is 19.0 Å². The van der Waals surface area contributed by atoms with Gasteiger partial charge in [0.25, 0.3) is 0 Å². The molecule has 4 nitrogen and oxygen atoms in total. The third-order valence-electron chi connectivity index (χ3n) is 2.52. The standard InChI is InChI=1S/C11H11F3N4/c1-2-3-8-11(15)16-17-18(8)7-5-4-6(12)9(13)10(7)14/h4-5H,2-3,15H2,1H3. The van der Waals surface area contributed by atoms with Gasteiger partial charge < -0.3 is 5.73 Å². The van der Waals surface area contributed by atoms with E-state index in [4.69, 9.17) is 5.73 Å². The zero-order valence-electron chi connectivity index (χ0n) is 9.62. The predicted octanol–water partition coefficient (Wildman–Crippen LogP) is 2.22. The monoisotopic (exact) mass is 256 g/mol. The molecule has 0 atom stereocenters. The Kier molecular flexibility index (Phi) is 3.22. The molecule has 1 aromatic heterocycles. The van der Waals surface area contributed by atoms with Crippen LogP contribution in [-0.4, -0.2) is 15.0 Å². The van der Waals surface area contributed by atoms with Gasteiger partial charge in [0.1, 0.15) is 5.69 Å². The van der Waals surface area contributed by atoms with Gasteiger partial charge in [-0.25, -0.2) is 17.9 Å². The molecular formula is C11H11F3N4. The summed E-state index contributed by atoms with van der Waals surface area (Å²) in [6.45, 7) is 1.90. The average molecular weight is 256 g/mol. The second-order valence-corrected chi connectivity index (χ2v) is 3.78. The summed E-state index contributed by atoms with van der Waals surface area (Å²) in [6.07, 6.45) is 1.25. The van der Waals surface area contributed by atoms with Crippen molar-refractivity contribution in [2.45, 2.75) is 19.8 Å². The molecule has 7 heteroatoms. The number of anilines is 1. The summed E-state index contributed by atoms with van der Waals surface area (Å²) in [5.74, 6) is -3.94. The number of nitrogens with two attached hydrogens (primary N) is 1. The van der Waals surface area contributed by atoms with Crippen molar-refractivity contribution in [2.24, 2.45) is 0 Å². The van der Waals surface area contributed by atoms with E-state index in [0.29, 0.717) is 12.1 Å². The fourth-order valence-corrected chi connectivity index (χ4v) is 1.66. The maximum absolute atomic E-state index is 13.6. The number of halogens is 3. The maximum Gasteiger partial charge on any atom is 0.196 e. The normalized spacial score (nSPS) is 10.9. The molecular weight excluding hydrogens is 245 g/mol. The zero-order chi connectivity index (χ0) is 13.3. The minimum atomic E-state index is -1.54. The maximum atomic E-state index is 13.6. The second kappa shape index (κ2) is 4.67. The van der Waals surface area contributed by atoms with Crippen LogP contribution in [0.25, 0.3) is 5.69 Å². The number of rotatable bonds is 3. The summed E-state index contributed by atoms with van der Waals surface area (Å²) in [7, 11) is 0. The van der Waals surface area contributed by atoms with Crippen LogP contribution < -0.4 is 5.73 Å². The first kappa shape index (κ1) is 12.4. The highest BCUT2D eigenvalue weighted by atomic mass is 19.2. The molecule has 0 saturated heterocycles. The van der Waals surface area contributed by atoms with Gasteiger partial charge in [0.2, 0.25) is 0 Å². The fourth-order valence-electron chi connectivity index (χ4n) is 1.66. The van der Waals surface area contributed by atoms with Crippen molar-refractivity contribution in [3.8, 4) is 5.69 Å². The summed E-state index contributed by atoms with van der Waals surface area (Å²) in [5.41, 5.74) is 5.87.